The zero-order valence-electron chi connectivity index (χ0n) is 12.1. The van der Waals surface area contributed by atoms with Crippen molar-refractivity contribution in [2.45, 2.75) is 31.3 Å². The van der Waals surface area contributed by atoms with Gasteiger partial charge in [0.1, 0.15) is 6.04 Å². The first-order chi connectivity index (χ1) is 10.8. The Morgan fingerprint density at radius 3 is 2.64 bits per heavy atom. The van der Waals surface area contributed by atoms with Crippen LogP contribution in [0.4, 0.5) is 10.5 Å². The number of anilines is 1. The molecule has 4 nitrogen and oxygen atoms in total. The van der Waals surface area contributed by atoms with Crippen LogP contribution in [0.5, 0.6) is 0 Å². The average molecular weight is 292 g/mol. The van der Waals surface area contributed by atoms with Gasteiger partial charge in [-0.3, -0.25) is 4.79 Å². The minimum absolute atomic E-state index is 0.0337. The van der Waals surface area contributed by atoms with Crippen LogP contribution in [-0.2, 0) is 4.79 Å². The van der Waals surface area contributed by atoms with Gasteiger partial charge in [0.05, 0.1) is 5.69 Å². The van der Waals surface area contributed by atoms with Crippen molar-refractivity contribution < 1.29 is 9.59 Å². The van der Waals surface area contributed by atoms with E-state index in [-0.39, 0.29) is 24.0 Å². The van der Waals surface area contributed by atoms with E-state index in [1.807, 2.05) is 47.4 Å². The molecule has 2 aromatic rings. The van der Waals surface area contributed by atoms with Crippen LogP contribution < -0.4 is 4.90 Å². The zero-order valence-corrected chi connectivity index (χ0v) is 12.1. The van der Waals surface area contributed by atoms with Gasteiger partial charge in [0.2, 0.25) is 0 Å². The third-order valence-electron chi connectivity index (χ3n) is 5.48. The Morgan fingerprint density at radius 1 is 0.955 bits per heavy atom. The minimum atomic E-state index is -0.217. The molecule has 0 radical (unpaired) electrons. The lowest BCUT2D eigenvalue weighted by molar-refractivity contribution is -0.120. The van der Waals surface area contributed by atoms with Crippen molar-refractivity contribution in [1.82, 2.24) is 4.90 Å². The van der Waals surface area contributed by atoms with E-state index in [0.717, 1.165) is 35.7 Å². The number of amides is 3. The van der Waals surface area contributed by atoms with E-state index >= 15 is 0 Å². The molecule has 2 unspecified atom stereocenters. The van der Waals surface area contributed by atoms with Gasteiger partial charge in [-0.1, -0.05) is 36.4 Å². The van der Waals surface area contributed by atoms with Crippen LogP contribution in [0.2, 0.25) is 0 Å². The van der Waals surface area contributed by atoms with Crippen LogP contribution in [0.15, 0.2) is 42.5 Å². The highest BCUT2D eigenvalue weighted by atomic mass is 16.2. The van der Waals surface area contributed by atoms with E-state index in [2.05, 4.69) is 0 Å². The number of rotatable bonds is 1. The summed E-state index contributed by atoms with van der Waals surface area (Å²) in [7, 11) is 0. The van der Waals surface area contributed by atoms with Crippen molar-refractivity contribution >= 4 is 28.4 Å². The molecule has 3 aliphatic rings. The average Bonchev–Trinajstić information content (AvgIpc) is 3.21. The van der Waals surface area contributed by atoms with Gasteiger partial charge in [-0.05, 0) is 36.6 Å². The Kier molecular flexibility index (Phi) is 2.27. The fourth-order valence-corrected chi connectivity index (χ4v) is 4.55. The van der Waals surface area contributed by atoms with Crippen molar-refractivity contribution in [3.63, 3.8) is 0 Å². The normalized spacial score (nSPS) is 29.7. The van der Waals surface area contributed by atoms with E-state index in [9.17, 15) is 9.59 Å². The molecule has 3 amide bonds. The van der Waals surface area contributed by atoms with Gasteiger partial charge >= 0.3 is 6.03 Å². The number of imide groups is 1. The molecule has 0 aromatic heterocycles. The standard InChI is InChI=1S/C18H16N2O2/c21-17-16-12-8-9-13(10-12)19(16)18(22)20(17)15-7-3-5-11-4-1-2-6-14(11)15/h1-7,12-13,16H,8-10H2/t12?,13?,16-/m1/s1. The predicted molar refractivity (Wildman–Crippen MR) is 83.6 cm³/mol. The molecular weight excluding hydrogens is 276 g/mol. The first-order valence-corrected chi connectivity index (χ1v) is 7.90. The molecule has 0 N–H and O–H groups in total. The molecule has 3 atom stereocenters. The van der Waals surface area contributed by atoms with Crippen molar-refractivity contribution in [3.05, 3.63) is 42.5 Å². The monoisotopic (exact) mass is 292 g/mol. The van der Waals surface area contributed by atoms with Crippen molar-refractivity contribution in [2.75, 3.05) is 4.90 Å². The molecule has 2 aliphatic heterocycles. The smallest absolute Gasteiger partial charge is 0.309 e. The van der Waals surface area contributed by atoms with Crippen molar-refractivity contribution in [2.24, 2.45) is 5.92 Å². The van der Waals surface area contributed by atoms with E-state index in [1.54, 1.807) is 0 Å². The van der Waals surface area contributed by atoms with E-state index in [1.165, 1.54) is 4.90 Å². The highest BCUT2D eigenvalue weighted by molar-refractivity contribution is 6.24. The summed E-state index contributed by atoms with van der Waals surface area (Å²) in [5.74, 6) is 0.329. The van der Waals surface area contributed by atoms with Gasteiger partial charge < -0.3 is 4.90 Å². The Bertz CT molecular complexity index is 782. The maximum atomic E-state index is 12.9. The number of carbonyl (C=O) groups excluding carboxylic acids is 2. The Labute approximate surface area is 128 Å². The van der Waals surface area contributed by atoms with E-state index in [4.69, 9.17) is 0 Å². The summed E-state index contributed by atoms with van der Waals surface area (Å²) in [5, 5.41) is 2.01. The Hall–Kier alpha value is -2.36. The Balaban J connectivity index is 1.66. The predicted octanol–water partition coefficient (Wildman–Crippen LogP) is 3.16. The molecule has 2 saturated heterocycles. The van der Waals surface area contributed by atoms with E-state index < -0.39 is 0 Å². The molecule has 110 valence electrons. The summed E-state index contributed by atoms with van der Waals surface area (Å²) in [6.45, 7) is 0. The Morgan fingerprint density at radius 2 is 1.77 bits per heavy atom. The lowest BCUT2D eigenvalue weighted by atomic mass is 9.99. The molecule has 1 saturated carbocycles. The maximum absolute atomic E-state index is 12.9. The minimum Gasteiger partial charge on any atom is -0.309 e. The zero-order chi connectivity index (χ0) is 14.8. The number of hydrogen-bond donors (Lipinski definition) is 0. The van der Waals surface area contributed by atoms with Crippen molar-refractivity contribution in [3.8, 4) is 0 Å². The summed E-state index contributed by atoms with van der Waals surface area (Å²) in [5.41, 5.74) is 0.724. The molecule has 22 heavy (non-hydrogen) atoms. The van der Waals surface area contributed by atoms with Crippen LogP contribution in [0.1, 0.15) is 19.3 Å². The first-order valence-electron chi connectivity index (χ1n) is 7.90. The summed E-state index contributed by atoms with van der Waals surface area (Å²) < 4.78 is 0. The number of hydrogen-bond acceptors (Lipinski definition) is 2. The molecule has 4 heteroatoms. The van der Waals surface area contributed by atoms with E-state index in [0.29, 0.717) is 5.92 Å². The van der Waals surface area contributed by atoms with Crippen LogP contribution in [0.3, 0.4) is 0 Å². The van der Waals surface area contributed by atoms with Crippen LogP contribution in [0, 0.1) is 5.92 Å². The van der Waals surface area contributed by atoms with Crippen molar-refractivity contribution in [1.29, 1.82) is 0 Å². The number of benzene rings is 2. The molecular formula is C18H16N2O2. The highest BCUT2D eigenvalue weighted by Gasteiger charge is 2.59. The molecule has 2 bridgehead atoms. The number of carbonyl (C=O) groups is 2. The van der Waals surface area contributed by atoms with Gasteiger partial charge in [0, 0.05) is 11.4 Å². The number of piperidine rings is 1. The quantitative estimate of drug-likeness (QED) is 0.758. The number of nitrogens with zero attached hydrogens (tertiary/aromatic N) is 2. The maximum Gasteiger partial charge on any atom is 0.332 e. The topological polar surface area (TPSA) is 40.6 Å². The SMILES string of the molecule is O=C1[C@H]2C3CCC(C3)N2C(=O)N1c1cccc2ccccc12. The molecule has 0 spiro atoms. The summed E-state index contributed by atoms with van der Waals surface area (Å²) in [4.78, 5) is 29.0. The van der Waals surface area contributed by atoms with Gasteiger partial charge in [-0.15, -0.1) is 0 Å². The van der Waals surface area contributed by atoms with Gasteiger partial charge in [0.25, 0.3) is 5.91 Å². The number of fused-ring (bicyclic) bond motifs is 6. The van der Waals surface area contributed by atoms with Gasteiger partial charge in [-0.2, -0.15) is 0 Å². The summed E-state index contributed by atoms with van der Waals surface area (Å²) in [6, 6.07) is 13.6. The third kappa shape index (κ3) is 1.37. The van der Waals surface area contributed by atoms with Crippen LogP contribution >= 0.6 is 0 Å². The third-order valence-corrected chi connectivity index (χ3v) is 5.48. The molecule has 5 rings (SSSR count). The second-order valence-electron chi connectivity index (χ2n) is 6.53. The first kappa shape index (κ1) is 12.2. The molecule has 2 heterocycles. The molecule has 1 aliphatic carbocycles. The molecule has 2 aromatic carbocycles. The van der Waals surface area contributed by atoms with Gasteiger partial charge in [0.15, 0.2) is 0 Å². The van der Waals surface area contributed by atoms with Crippen LogP contribution in [0.25, 0.3) is 10.8 Å². The lowest BCUT2D eigenvalue weighted by Gasteiger charge is -2.25. The van der Waals surface area contributed by atoms with Gasteiger partial charge in [-0.25, -0.2) is 9.69 Å². The summed E-state index contributed by atoms with van der Waals surface area (Å²) >= 11 is 0. The lowest BCUT2D eigenvalue weighted by Crippen LogP contribution is -2.40. The second-order valence-corrected chi connectivity index (χ2v) is 6.53. The second kappa shape index (κ2) is 4.09. The fraction of sp³-hybridized carbons (Fsp3) is 0.333. The summed E-state index contributed by atoms with van der Waals surface area (Å²) in [6.07, 6.45) is 3.13. The fourth-order valence-electron chi connectivity index (χ4n) is 4.55. The molecule has 3 fully saturated rings. The highest BCUT2D eigenvalue weighted by Crippen LogP contribution is 2.47. The number of urea groups is 1. The largest absolute Gasteiger partial charge is 0.332 e. The van der Waals surface area contributed by atoms with Crippen LogP contribution in [-0.4, -0.2) is 28.9 Å².